The van der Waals surface area contributed by atoms with Gasteiger partial charge in [-0.05, 0) is 66.4 Å². The van der Waals surface area contributed by atoms with Gasteiger partial charge in [-0.2, -0.15) is 9.78 Å². The molecule has 39 heavy (non-hydrogen) atoms. The Morgan fingerprint density at radius 3 is 2.74 bits per heavy atom. The van der Waals surface area contributed by atoms with Crippen LogP contribution in [0.1, 0.15) is 46.2 Å². The van der Waals surface area contributed by atoms with Gasteiger partial charge in [0.05, 0.1) is 29.8 Å². The first-order chi connectivity index (χ1) is 18.8. The van der Waals surface area contributed by atoms with Gasteiger partial charge in [-0.3, -0.25) is 4.79 Å². The molecule has 3 aromatic carbocycles. The summed E-state index contributed by atoms with van der Waals surface area (Å²) in [6.07, 6.45) is 5.25. The van der Waals surface area contributed by atoms with E-state index in [9.17, 15) is 14.7 Å². The summed E-state index contributed by atoms with van der Waals surface area (Å²) in [4.78, 5) is 29.3. The zero-order chi connectivity index (χ0) is 27.9. The van der Waals surface area contributed by atoms with Gasteiger partial charge in [-0.1, -0.05) is 41.1 Å². The van der Waals surface area contributed by atoms with Gasteiger partial charge in [0, 0.05) is 16.5 Å². The summed E-state index contributed by atoms with van der Waals surface area (Å²) in [6.45, 7) is 6.03. The third-order valence-electron chi connectivity index (χ3n) is 5.97. The van der Waals surface area contributed by atoms with Gasteiger partial charge in [0.2, 0.25) is 0 Å². The minimum Gasteiger partial charge on any atom is -0.493 e. The lowest BCUT2D eigenvalue weighted by molar-refractivity contribution is 0.0696. The van der Waals surface area contributed by atoms with Crippen molar-refractivity contribution in [3.8, 4) is 11.5 Å². The van der Waals surface area contributed by atoms with Crippen LogP contribution in [0.5, 0.6) is 11.5 Å². The number of rotatable bonds is 11. The average Bonchev–Trinajstić information content (AvgIpc) is 2.93. The molecule has 4 aromatic rings. The second kappa shape index (κ2) is 12.5. The topological polar surface area (TPSA) is 103 Å². The predicted octanol–water partition coefficient (Wildman–Crippen LogP) is 6.01. The highest BCUT2D eigenvalue weighted by Gasteiger charge is 2.15. The molecule has 0 radical (unpaired) electrons. The van der Waals surface area contributed by atoms with Crippen molar-refractivity contribution in [1.29, 1.82) is 0 Å². The van der Waals surface area contributed by atoms with Crippen molar-refractivity contribution in [2.75, 3.05) is 7.11 Å². The maximum absolute atomic E-state index is 13.3. The number of benzene rings is 3. The fourth-order valence-corrected chi connectivity index (χ4v) is 4.52. The highest BCUT2D eigenvalue weighted by Crippen LogP contribution is 2.34. The number of methoxy groups -OCH3 is 1. The van der Waals surface area contributed by atoms with Crippen molar-refractivity contribution in [1.82, 2.24) is 9.66 Å². The normalized spacial score (nSPS) is 11.2. The molecule has 0 spiro atoms. The Morgan fingerprint density at radius 1 is 1.21 bits per heavy atom. The molecule has 0 saturated carbocycles. The summed E-state index contributed by atoms with van der Waals surface area (Å²) < 4.78 is 13.9. The number of carboxylic acids is 1. The van der Waals surface area contributed by atoms with E-state index in [0.717, 1.165) is 16.5 Å². The molecule has 1 aromatic heterocycles. The lowest BCUT2D eigenvalue weighted by Gasteiger charge is -2.16. The van der Waals surface area contributed by atoms with Crippen molar-refractivity contribution >= 4 is 39.0 Å². The van der Waals surface area contributed by atoms with E-state index in [0.29, 0.717) is 52.2 Å². The zero-order valence-corrected chi connectivity index (χ0v) is 23.3. The molecule has 1 N–H and O–H groups in total. The Hall–Kier alpha value is -4.24. The summed E-state index contributed by atoms with van der Waals surface area (Å²) in [5, 5.41) is 14.3. The SMILES string of the molecule is C=CCc1cc(C=Nn2c(CCC)nc3ccc(Br)cc3c2=O)cc(OC)c1OCc1cccc(C(=O)O)c1. The average molecular weight is 590 g/mol. The lowest BCUT2D eigenvalue weighted by atomic mass is 10.1. The predicted molar refractivity (Wildman–Crippen MR) is 155 cm³/mol. The number of hydrogen-bond donors (Lipinski definition) is 1. The van der Waals surface area contributed by atoms with E-state index in [1.54, 1.807) is 49.7 Å². The van der Waals surface area contributed by atoms with Crippen LogP contribution in [0, 0.1) is 0 Å². The Kier molecular flexibility index (Phi) is 8.93. The molecule has 0 fully saturated rings. The number of hydrogen-bond acceptors (Lipinski definition) is 6. The van der Waals surface area contributed by atoms with E-state index < -0.39 is 5.97 Å². The van der Waals surface area contributed by atoms with Crippen LogP contribution in [0.2, 0.25) is 0 Å². The van der Waals surface area contributed by atoms with Gasteiger partial charge in [0.25, 0.3) is 5.56 Å². The van der Waals surface area contributed by atoms with Crippen molar-refractivity contribution in [3.05, 3.63) is 110 Å². The molecule has 0 unspecified atom stereocenters. The van der Waals surface area contributed by atoms with E-state index >= 15 is 0 Å². The molecule has 9 heteroatoms. The third-order valence-corrected chi connectivity index (χ3v) is 6.46. The van der Waals surface area contributed by atoms with E-state index in [4.69, 9.17) is 9.47 Å². The van der Waals surface area contributed by atoms with E-state index in [1.807, 2.05) is 25.1 Å². The molecule has 4 rings (SSSR count). The Morgan fingerprint density at radius 2 is 2.03 bits per heavy atom. The number of ether oxygens (including phenoxy) is 2. The number of carbonyl (C=O) groups is 1. The number of fused-ring (bicyclic) bond motifs is 1. The van der Waals surface area contributed by atoms with Crippen LogP contribution in [0.3, 0.4) is 0 Å². The van der Waals surface area contributed by atoms with Gasteiger partial charge in [0.15, 0.2) is 11.5 Å². The highest BCUT2D eigenvalue weighted by atomic mass is 79.9. The zero-order valence-electron chi connectivity index (χ0n) is 21.7. The van der Waals surface area contributed by atoms with E-state index in [1.165, 1.54) is 10.7 Å². The number of carboxylic acid groups (broad SMARTS) is 1. The minimum absolute atomic E-state index is 0.156. The molecule has 0 saturated heterocycles. The molecule has 0 aliphatic heterocycles. The van der Waals surface area contributed by atoms with Crippen LogP contribution in [0.15, 0.2) is 81.6 Å². The first-order valence-electron chi connectivity index (χ1n) is 12.4. The third kappa shape index (κ3) is 6.43. The van der Waals surface area contributed by atoms with Crippen LogP contribution < -0.4 is 15.0 Å². The Balaban J connectivity index is 1.71. The smallest absolute Gasteiger partial charge is 0.335 e. The van der Waals surface area contributed by atoms with Crippen LogP contribution in [0.25, 0.3) is 10.9 Å². The molecule has 0 amide bonds. The summed E-state index contributed by atoms with van der Waals surface area (Å²) in [7, 11) is 1.54. The molecule has 0 atom stereocenters. The summed E-state index contributed by atoms with van der Waals surface area (Å²) in [6, 6.07) is 15.7. The van der Waals surface area contributed by atoms with Crippen LogP contribution in [-0.2, 0) is 19.4 Å². The molecule has 8 nitrogen and oxygen atoms in total. The molecule has 0 aliphatic rings. The largest absolute Gasteiger partial charge is 0.493 e. The standard InChI is InChI=1S/C30H28BrN3O5/c1-4-7-21-14-20(15-26(38-3)28(21)39-18-19-9-6-10-22(13-19)30(36)37)17-32-34-27(8-5-2)33-25-12-11-23(31)16-24(25)29(34)35/h4,6,9-17H,1,5,7-8,18H2,2-3H3,(H,36,37). The second-order valence-electron chi connectivity index (χ2n) is 8.80. The number of aromatic nitrogens is 2. The second-order valence-corrected chi connectivity index (χ2v) is 9.72. The van der Waals surface area contributed by atoms with E-state index in [2.05, 4.69) is 32.6 Å². The van der Waals surface area contributed by atoms with Crippen molar-refractivity contribution in [2.24, 2.45) is 5.10 Å². The summed E-state index contributed by atoms with van der Waals surface area (Å²) in [5.41, 5.74) is 2.79. The summed E-state index contributed by atoms with van der Waals surface area (Å²) in [5.74, 6) is 0.583. The fraction of sp³-hybridized carbons (Fsp3) is 0.200. The Bertz CT molecular complexity index is 1630. The monoisotopic (exact) mass is 589 g/mol. The minimum atomic E-state index is -0.999. The molecule has 1 heterocycles. The molecular weight excluding hydrogens is 562 g/mol. The molecular formula is C30H28BrN3O5. The summed E-state index contributed by atoms with van der Waals surface area (Å²) >= 11 is 3.42. The first kappa shape index (κ1) is 27.8. The van der Waals surface area contributed by atoms with Gasteiger partial charge in [0.1, 0.15) is 12.4 Å². The number of aryl methyl sites for hydroxylation is 1. The number of allylic oxidation sites excluding steroid dienone is 1. The van der Waals surface area contributed by atoms with Crippen molar-refractivity contribution in [2.45, 2.75) is 32.8 Å². The maximum Gasteiger partial charge on any atom is 0.335 e. The van der Waals surface area contributed by atoms with Crippen molar-refractivity contribution in [3.63, 3.8) is 0 Å². The van der Waals surface area contributed by atoms with Gasteiger partial charge in [-0.25, -0.2) is 9.78 Å². The molecule has 0 aliphatic carbocycles. The quantitative estimate of drug-likeness (QED) is 0.170. The van der Waals surface area contributed by atoms with Gasteiger partial charge in [-0.15, -0.1) is 6.58 Å². The Labute approximate surface area is 234 Å². The van der Waals surface area contributed by atoms with Gasteiger partial charge < -0.3 is 14.6 Å². The number of nitrogens with zero attached hydrogens (tertiary/aromatic N) is 3. The van der Waals surface area contributed by atoms with Crippen LogP contribution in [0.4, 0.5) is 0 Å². The molecule has 0 bridgehead atoms. The molecule has 200 valence electrons. The number of aromatic carboxylic acids is 1. The number of halogens is 1. The van der Waals surface area contributed by atoms with E-state index in [-0.39, 0.29) is 17.7 Å². The maximum atomic E-state index is 13.3. The van der Waals surface area contributed by atoms with Crippen LogP contribution >= 0.6 is 15.9 Å². The fourth-order valence-electron chi connectivity index (χ4n) is 4.15. The van der Waals surface area contributed by atoms with Crippen LogP contribution in [-0.4, -0.2) is 34.1 Å². The van der Waals surface area contributed by atoms with Crippen molar-refractivity contribution < 1.29 is 19.4 Å². The van der Waals surface area contributed by atoms with Gasteiger partial charge >= 0.3 is 5.97 Å². The highest BCUT2D eigenvalue weighted by molar-refractivity contribution is 9.10. The first-order valence-corrected chi connectivity index (χ1v) is 13.2. The lowest BCUT2D eigenvalue weighted by Crippen LogP contribution is -2.22.